The van der Waals surface area contributed by atoms with Crippen molar-refractivity contribution < 1.29 is 9.59 Å². The summed E-state index contributed by atoms with van der Waals surface area (Å²) in [7, 11) is 0. The Labute approximate surface area is 141 Å². The van der Waals surface area contributed by atoms with Crippen LogP contribution in [0.5, 0.6) is 0 Å². The van der Waals surface area contributed by atoms with E-state index in [0.29, 0.717) is 12.1 Å². The molecule has 0 unspecified atom stereocenters. The highest BCUT2D eigenvalue weighted by molar-refractivity contribution is 6.01. The van der Waals surface area contributed by atoms with E-state index in [1.165, 1.54) is 16.0 Å². The SMILES string of the molecule is Cc1ccc2c(c1)CCN1C(=O)CN(C(=O)c3ccccc3)C=C21. The van der Waals surface area contributed by atoms with Crippen LogP contribution in [0.15, 0.2) is 54.7 Å². The fraction of sp³-hybridized carbons (Fsp3) is 0.200. The van der Waals surface area contributed by atoms with Crippen LogP contribution in [0.1, 0.15) is 27.0 Å². The fourth-order valence-electron chi connectivity index (χ4n) is 3.38. The summed E-state index contributed by atoms with van der Waals surface area (Å²) in [4.78, 5) is 28.6. The van der Waals surface area contributed by atoms with E-state index in [4.69, 9.17) is 0 Å². The van der Waals surface area contributed by atoms with Crippen molar-refractivity contribution >= 4 is 17.5 Å². The summed E-state index contributed by atoms with van der Waals surface area (Å²) in [6.45, 7) is 2.84. The number of hydrogen-bond donors (Lipinski definition) is 0. The largest absolute Gasteiger partial charge is 0.309 e. The van der Waals surface area contributed by atoms with Crippen molar-refractivity contribution in [3.8, 4) is 0 Å². The summed E-state index contributed by atoms with van der Waals surface area (Å²) in [6.07, 6.45) is 2.68. The summed E-state index contributed by atoms with van der Waals surface area (Å²) in [5, 5.41) is 0. The fourth-order valence-corrected chi connectivity index (χ4v) is 3.38. The summed E-state index contributed by atoms with van der Waals surface area (Å²) in [6, 6.07) is 15.3. The zero-order chi connectivity index (χ0) is 16.7. The molecule has 0 spiro atoms. The minimum Gasteiger partial charge on any atom is -0.309 e. The van der Waals surface area contributed by atoms with Crippen LogP contribution in [-0.4, -0.2) is 34.7 Å². The van der Waals surface area contributed by atoms with Crippen LogP contribution in [-0.2, 0) is 11.2 Å². The van der Waals surface area contributed by atoms with Gasteiger partial charge >= 0.3 is 0 Å². The Balaban J connectivity index is 1.76. The van der Waals surface area contributed by atoms with Crippen molar-refractivity contribution in [2.24, 2.45) is 0 Å². The van der Waals surface area contributed by atoms with Crippen molar-refractivity contribution in [1.29, 1.82) is 0 Å². The third-order valence-corrected chi connectivity index (χ3v) is 4.60. The van der Waals surface area contributed by atoms with E-state index in [-0.39, 0.29) is 18.4 Å². The van der Waals surface area contributed by atoms with Gasteiger partial charge in [0.2, 0.25) is 5.91 Å². The molecule has 0 aliphatic carbocycles. The predicted octanol–water partition coefficient (Wildman–Crippen LogP) is 2.83. The third-order valence-electron chi connectivity index (χ3n) is 4.60. The first-order valence-corrected chi connectivity index (χ1v) is 8.11. The van der Waals surface area contributed by atoms with Gasteiger partial charge in [0, 0.05) is 23.9 Å². The zero-order valence-corrected chi connectivity index (χ0v) is 13.5. The maximum absolute atomic E-state index is 12.7. The number of nitrogens with zero attached hydrogens (tertiary/aromatic N) is 2. The lowest BCUT2D eigenvalue weighted by Gasteiger charge is -2.37. The summed E-state index contributed by atoms with van der Waals surface area (Å²) in [5.41, 5.74) is 4.92. The minimum absolute atomic E-state index is 0.0250. The van der Waals surface area contributed by atoms with E-state index in [9.17, 15) is 9.59 Å². The van der Waals surface area contributed by atoms with Gasteiger partial charge in [0.05, 0.1) is 5.70 Å². The second-order valence-corrected chi connectivity index (χ2v) is 6.27. The quantitative estimate of drug-likeness (QED) is 0.811. The lowest BCUT2D eigenvalue weighted by atomic mass is 9.94. The van der Waals surface area contributed by atoms with E-state index in [1.807, 2.05) is 36.5 Å². The molecule has 2 heterocycles. The van der Waals surface area contributed by atoms with Crippen LogP contribution in [0.25, 0.3) is 5.70 Å². The van der Waals surface area contributed by atoms with Crippen LogP contribution in [0.4, 0.5) is 0 Å². The molecule has 0 bridgehead atoms. The van der Waals surface area contributed by atoms with E-state index in [0.717, 1.165) is 17.7 Å². The summed E-state index contributed by atoms with van der Waals surface area (Å²) < 4.78 is 0. The lowest BCUT2D eigenvalue weighted by Crippen LogP contribution is -2.47. The number of fused-ring (bicyclic) bond motifs is 3. The first kappa shape index (κ1) is 14.7. The number of amides is 2. The van der Waals surface area contributed by atoms with Crippen LogP contribution in [0.3, 0.4) is 0 Å². The number of aryl methyl sites for hydroxylation is 1. The Bertz CT molecular complexity index is 855. The third kappa shape index (κ3) is 2.40. The lowest BCUT2D eigenvalue weighted by molar-refractivity contribution is -0.129. The van der Waals surface area contributed by atoms with E-state index < -0.39 is 0 Å². The molecule has 4 nitrogen and oxygen atoms in total. The first-order valence-electron chi connectivity index (χ1n) is 8.11. The molecule has 0 radical (unpaired) electrons. The van der Waals surface area contributed by atoms with Gasteiger partial charge in [-0.2, -0.15) is 0 Å². The Morgan fingerprint density at radius 3 is 2.67 bits per heavy atom. The van der Waals surface area contributed by atoms with Crippen molar-refractivity contribution in [1.82, 2.24) is 9.80 Å². The van der Waals surface area contributed by atoms with Gasteiger partial charge in [-0.05, 0) is 31.0 Å². The average molecular weight is 318 g/mol. The average Bonchev–Trinajstić information content (AvgIpc) is 2.61. The molecule has 0 aromatic heterocycles. The molecule has 2 aliphatic rings. The van der Waals surface area contributed by atoms with Crippen LogP contribution in [0.2, 0.25) is 0 Å². The number of hydrogen-bond acceptors (Lipinski definition) is 2. The van der Waals surface area contributed by atoms with Crippen LogP contribution in [0, 0.1) is 6.92 Å². The van der Waals surface area contributed by atoms with Crippen molar-refractivity contribution in [2.75, 3.05) is 13.1 Å². The molecule has 24 heavy (non-hydrogen) atoms. The minimum atomic E-state index is -0.143. The monoisotopic (exact) mass is 318 g/mol. The van der Waals surface area contributed by atoms with Gasteiger partial charge in [-0.1, -0.05) is 42.0 Å². The van der Waals surface area contributed by atoms with Crippen LogP contribution >= 0.6 is 0 Å². The zero-order valence-electron chi connectivity index (χ0n) is 13.5. The molecule has 0 N–H and O–H groups in total. The van der Waals surface area contributed by atoms with Crippen molar-refractivity contribution in [3.63, 3.8) is 0 Å². The molecular formula is C20H18N2O2. The standard InChI is InChI=1S/C20H18N2O2/c1-14-7-8-17-16(11-14)9-10-22-18(17)12-21(13-19(22)23)20(24)15-5-3-2-4-6-15/h2-8,11-12H,9-10,13H2,1H3. The first-order chi connectivity index (χ1) is 11.6. The Morgan fingerprint density at radius 2 is 1.88 bits per heavy atom. The molecule has 4 rings (SSSR count). The Morgan fingerprint density at radius 1 is 1.08 bits per heavy atom. The normalized spacial score (nSPS) is 16.4. The van der Waals surface area contributed by atoms with E-state index in [1.54, 1.807) is 17.0 Å². The summed E-state index contributed by atoms with van der Waals surface area (Å²) in [5.74, 6) is -0.168. The topological polar surface area (TPSA) is 40.6 Å². The maximum atomic E-state index is 12.7. The molecule has 2 aliphatic heterocycles. The highest BCUT2D eigenvalue weighted by Gasteiger charge is 2.33. The highest BCUT2D eigenvalue weighted by atomic mass is 16.2. The van der Waals surface area contributed by atoms with Gasteiger partial charge in [-0.3, -0.25) is 9.59 Å². The molecule has 0 saturated carbocycles. The second kappa shape index (κ2) is 5.64. The maximum Gasteiger partial charge on any atom is 0.258 e. The highest BCUT2D eigenvalue weighted by Crippen LogP contribution is 2.32. The molecule has 120 valence electrons. The van der Waals surface area contributed by atoms with E-state index >= 15 is 0 Å². The Kier molecular flexibility index (Phi) is 3.45. The van der Waals surface area contributed by atoms with Gasteiger partial charge in [0.25, 0.3) is 5.91 Å². The predicted molar refractivity (Wildman–Crippen MR) is 92.1 cm³/mol. The molecule has 0 saturated heterocycles. The van der Waals surface area contributed by atoms with E-state index in [2.05, 4.69) is 13.0 Å². The smallest absolute Gasteiger partial charge is 0.258 e. The molecule has 2 amide bonds. The van der Waals surface area contributed by atoms with Gasteiger partial charge < -0.3 is 9.80 Å². The number of carbonyl (C=O) groups excluding carboxylic acids is 2. The number of rotatable bonds is 1. The molecule has 2 aromatic rings. The molecule has 0 atom stereocenters. The molecule has 0 fully saturated rings. The van der Waals surface area contributed by atoms with Gasteiger partial charge in [-0.25, -0.2) is 0 Å². The van der Waals surface area contributed by atoms with Gasteiger partial charge in [-0.15, -0.1) is 0 Å². The molecule has 4 heteroatoms. The molecular weight excluding hydrogens is 300 g/mol. The van der Waals surface area contributed by atoms with Crippen molar-refractivity contribution in [2.45, 2.75) is 13.3 Å². The number of carbonyl (C=O) groups is 2. The van der Waals surface area contributed by atoms with Crippen LogP contribution < -0.4 is 0 Å². The Hall–Kier alpha value is -2.88. The summed E-state index contributed by atoms with van der Waals surface area (Å²) >= 11 is 0. The second-order valence-electron chi connectivity index (χ2n) is 6.27. The molecule has 2 aromatic carbocycles. The number of benzene rings is 2. The van der Waals surface area contributed by atoms with Crippen molar-refractivity contribution in [3.05, 3.63) is 77.0 Å². The van der Waals surface area contributed by atoms with Gasteiger partial charge in [0.1, 0.15) is 6.54 Å². The van der Waals surface area contributed by atoms with Gasteiger partial charge in [0.15, 0.2) is 0 Å².